The molecule has 1 aromatic heterocycles. The molecule has 0 bridgehead atoms. The zero-order chi connectivity index (χ0) is 21.7. The molecule has 7 nitrogen and oxygen atoms in total. The van der Waals surface area contributed by atoms with E-state index in [1.165, 1.54) is 28.4 Å². The lowest BCUT2D eigenvalue weighted by Crippen LogP contribution is -2.24. The number of carbonyl (C=O) groups is 1. The first-order valence-corrected chi connectivity index (χ1v) is 10.4. The summed E-state index contributed by atoms with van der Waals surface area (Å²) in [5.74, 6) is 6.94. The Labute approximate surface area is 178 Å². The SMILES string of the molecule is CC(Sc1nnc(COc2ccc(C(C)C)cc2)n1N)C(=O)Nc1cccc(F)c1. The maximum atomic E-state index is 13.3. The quantitative estimate of drug-likeness (QED) is 0.416. The number of nitrogens with two attached hydrogens (primary N) is 1. The van der Waals surface area contributed by atoms with Crippen LogP contribution in [0.1, 0.15) is 38.1 Å². The Bertz CT molecular complexity index is 1010. The Balaban J connectivity index is 1.57. The summed E-state index contributed by atoms with van der Waals surface area (Å²) in [7, 11) is 0. The van der Waals surface area contributed by atoms with Crippen molar-refractivity contribution in [3.05, 3.63) is 65.7 Å². The zero-order valence-electron chi connectivity index (χ0n) is 17.0. The lowest BCUT2D eigenvalue weighted by atomic mass is 10.0. The van der Waals surface area contributed by atoms with E-state index >= 15 is 0 Å². The van der Waals surface area contributed by atoms with Crippen molar-refractivity contribution < 1.29 is 13.9 Å². The minimum Gasteiger partial charge on any atom is -0.486 e. The molecule has 158 valence electrons. The van der Waals surface area contributed by atoms with Crippen LogP contribution < -0.4 is 15.9 Å². The molecule has 3 rings (SSSR count). The first-order chi connectivity index (χ1) is 14.3. The van der Waals surface area contributed by atoms with Gasteiger partial charge in [-0.3, -0.25) is 4.79 Å². The molecule has 0 spiro atoms. The van der Waals surface area contributed by atoms with Crippen LogP contribution in [0, 0.1) is 5.82 Å². The summed E-state index contributed by atoms with van der Waals surface area (Å²) >= 11 is 1.15. The topological polar surface area (TPSA) is 95.1 Å². The Morgan fingerprint density at radius 1 is 1.20 bits per heavy atom. The number of nitrogens with one attached hydrogen (secondary N) is 1. The van der Waals surface area contributed by atoms with Gasteiger partial charge in [0.2, 0.25) is 11.1 Å². The van der Waals surface area contributed by atoms with Gasteiger partial charge >= 0.3 is 0 Å². The molecule has 0 aliphatic heterocycles. The van der Waals surface area contributed by atoms with Gasteiger partial charge in [0.15, 0.2) is 5.82 Å². The lowest BCUT2D eigenvalue weighted by Gasteiger charge is -2.12. The molecule has 1 atom stereocenters. The fourth-order valence-electron chi connectivity index (χ4n) is 2.60. The van der Waals surface area contributed by atoms with Gasteiger partial charge < -0.3 is 15.9 Å². The molecule has 30 heavy (non-hydrogen) atoms. The fourth-order valence-corrected chi connectivity index (χ4v) is 3.39. The summed E-state index contributed by atoms with van der Waals surface area (Å²) in [5, 5.41) is 10.6. The maximum Gasteiger partial charge on any atom is 0.237 e. The van der Waals surface area contributed by atoms with Crippen LogP contribution in [0.25, 0.3) is 0 Å². The van der Waals surface area contributed by atoms with Crippen LogP contribution in [0.15, 0.2) is 53.7 Å². The van der Waals surface area contributed by atoms with Gasteiger partial charge in [0, 0.05) is 5.69 Å². The highest BCUT2D eigenvalue weighted by molar-refractivity contribution is 8.00. The molecule has 2 aromatic carbocycles. The van der Waals surface area contributed by atoms with E-state index in [2.05, 4.69) is 29.4 Å². The van der Waals surface area contributed by atoms with Gasteiger partial charge in [-0.2, -0.15) is 0 Å². The van der Waals surface area contributed by atoms with Gasteiger partial charge in [0.1, 0.15) is 18.2 Å². The third-order valence-electron chi connectivity index (χ3n) is 4.39. The van der Waals surface area contributed by atoms with Crippen LogP contribution >= 0.6 is 11.8 Å². The highest BCUT2D eigenvalue weighted by Gasteiger charge is 2.20. The van der Waals surface area contributed by atoms with E-state index in [1.54, 1.807) is 13.0 Å². The van der Waals surface area contributed by atoms with E-state index in [9.17, 15) is 9.18 Å². The average molecular weight is 430 g/mol. The van der Waals surface area contributed by atoms with Crippen molar-refractivity contribution in [2.24, 2.45) is 0 Å². The number of nitrogen functional groups attached to an aromatic ring is 1. The Hall–Kier alpha value is -3.07. The summed E-state index contributed by atoms with van der Waals surface area (Å²) in [6.07, 6.45) is 0. The number of halogens is 1. The molecule has 3 aromatic rings. The number of carbonyl (C=O) groups excluding carboxylic acids is 1. The standard InChI is InChI=1S/C21H24FN5O2S/c1-13(2)15-7-9-18(10-8-15)29-12-19-25-26-21(27(19)23)30-14(3)20(28)24-17-6-4-5-16(22)11-17/h4-11,13-14H,12,23H2,1-3H3,(H,24,28). The van der Waals surface area contributed by atoms with Crippen molar-refractivity contribution in [2.45, 2.75) is 43.7 Å². The number of hydrogen-bond acceptors (Lipinski definition) is 6. The van der Waals surface area contributed by atoms with E-state index in [4.69, 9.17) is 10.6 Å². The molecule has 0 radical (unpaired) electrons. The molecule has 1 heterocycles. The molecule has 0 saturated heterocycles. The van der Waals surface area contributed by atoms with E-state index in [-0.39, 0.29) is 12.5 Å². The van der Waals surface area contributed by atoms with Gasteiger partial charge in [-0.05, 0) is 48.7 Å². The maximum absolute atomic E-state index is 13.3. The Kier molecular flexibility index (Phi) is 6.94. The summed E-state index contributed by atoms with van der Waals surface area (Å²) in [6.45, 7) is 6.12. The van der Waals surface area contributed by atoms with E-state index in [0.29, 0.717) is 28.3 Å². The predicted molar refractivity (Wildman–Crippen MR) is 115 cm³/mol. The molecule has 0 aliphatic rings. The lowest BCUT2D eigenvalue weighted by molar-refractivity contribution is -0.115. The summed E-state index contributed by atoms with van der Waals surface area (Å²) in [5.41, 5.74) is 1.62. The highest BCUT2D eigenvalue weighted by Crippen LogP contribution is 2.23. The average Bonchev–Trinajstić information content (AvgIpc) is 3.06. The summed E-state index contributed by atoms with van der Waals surface area (Å²) in [6, 6.07) is 13.6. The second-order valence-corrected chi connectivity index (χ2v) is 8.35. The van der Waals surface area contributed by atoms with Gasteiger partial charge in [-0.15, -0.1) is 10.2 Å². The van der Waals surface area contributed by atoms with E-state index in [0.717, 1.165) is 11.8 Å². The van der Waals surface area contributed by atoms with Gasteiger partial charge in [-0.25, -0.2) is 9.07 Å². The molecule has 0 fully saturated rings. The van der Waals surface area contributed by atoms with Crippen molar-refractivity contribution in [1.82, 2.24) is 14.9 Å². The largest absolute Gasteiger partial charge is 0.486 e. The van der Waals surface area contributed by atoms with Crippen LogP contribution in [0.4, 0.5) is 10.1 Å². The number of amides is 1. The van der Waals surface area contributed by atoms with Gasteiger partial charge in [0.25, 0.3) is 0 Å². The molecule has 0 saturated carbocycles. The van der Waals surface area contributed by atoms with Crippen molar-refractivity contribution in [1.29, 1.82) is 0 Å². The second kappa shape index (κ2) is 9.62. The first-order valence-electron chi connectivity index (χ1n) is 9.48. The van der Waals surface area contributed by atoms with Gasteiger partial charge in [-0.1, -0.05) is 43.8 Å². The van der Waals surface area contributed by atoms with Crippen molar-refractivity contribution >= 4 is 23.4 Å². The van der Waals surface area contributed by atoms with Crippen LogP contribution in [-0.2, 0) is 11.4 Å². The smallest absolute Gasteiger partial charge is 0.237 e. The number of anilines is 1. The zero-order valence-corrected chi connectivity index (χ0v) is 17.8. The predicted octanol–water partition coefficient (Wildman–Crippen LogP) is 3.95. The second-order valence-electron chi connectivity index (χ2n) is 7.04. The minimum atomic E-state index is -0.517. The fraction of sp³-hybridized carbons (Fsp3) is 0.286. The van der Waals surface area contributed by atoms with Crippen molar-refractivity contribution in [3.8, 4) is 5.75 Å². The van der Waals surface area contributed by atoms with Crippen LogP contribution in [0.3, 0.4) is 0 Å². The first kappa shape index (κ1) is 21.6. The molecule has 9 heteroatoms. The Morgan fingerprint density at radius 2 is 1.93 bits per heavy atom. The molecule has 3 N–H and O–H groups in total. The van der Waals surface area contributed by atoms with Gasteiger partial charge in [0.05, 0.1) is 5.25 Å². The third-order valence-corrected chi connectivity index (χ3v) is 5.45. The molecule has 0 aliphatic carbocycles. The number of aromatic nitrogens is 3. The summed E-state index contributed by atoms with van der Waals surface area (Å²) < 4.78 is 20.3. The monoisotopic (exact) mass is 429 g/mol. The Morgan fingerprint density at radius 3 is 2.60 bits per heavy atom. The van der Waals surface area contributed by atoms with Crippen molar-refractivity contribution in [3.63, 3.8) is 0 Å². The van der Waals surface area contributed by atoms with Crippen molar-refractivity contribution in [2.75, 3.05) is 11.2 Å². The number of ether oxygens (including phenoxy) is 1. The molecule has 1 amide bonds. The third kappa shape index (κ3) is 5.50. The van der Waals surface area contributed by atoms with Crippen LogP contribution in [-0.4, -0.2) is 26.0 Å². The number of thioether (sulfide) groups is 1. The van der Waals surface area contributed by atoms with E-state index in [1.807, 2.05) is 24.3 Å². The van der Waals surface area contributed by atoms with Crippen LogP contribution in [0.2, 0.25) is 0 Å². The van der Waals surface area contributed by atoms with E-state index < -0.39 is 11.1 Å². The number of rotatable bonds is 8. The number of hydrogen-bond donors (Lipinski definition) is 2. The number of nitrogens with zero attached hydrogens (tertiary/aromatic N) is 3. The summed E-state index contributed by atoms with van der Waals surface area (Å²) in [4.78, 5) is 12.4. The normalized spacial score (nSPS) is 12.0. The number of benzene rings is 2. The molecular formula is C21H24FN5O2S. The van der Waals surface area contributed by atoms with Crippen LogP contribution in [0.5, 0.6) is 5.75 Å². The minimum absolute atomic E-state index is 0.148. The highest BCUT2D eigenvalue weighted by atomic mass is 32.2. The molecule has 1 unspecified atom stereocenters. The molecular weight excluding hydrogens is 405 g/mol.